The van der Waals surface area contributed by atoms with E-state index in [0.717, 1.165) is 30.8 Å². The van der Waals surface area contributed by atoms with Crippen LogP contribution in [0.2, 0.25) is 0 Å². The molecular formula is C25H38ClNO2. The molecule has 2 aromatic rings. The van der Waals surface area contributed by atoms with Gasteiger partial charge in [0.1, 0.15) is 5.78 Å². The second-order valence-corrected chi connectivity index (χ2v) is 7.21. The van der Waals surface area contributed by atoms with Gasteiger partial charge in [-0.1, -0.05) is 67.6 Å². The summed E-state index contributed by atoms with van der Waals surface area (Å²) in [7, 11) is 4.14. The van der Waals surface area contributed by atoms with E-state index in [4.69, 9.17) is 4.74 Å². The van der Waals surface area contributed by atoms with Crippen molar-refractivity contribution in [3.05, 3.63) is 71.8 Å². The molecule has 0 amide bonds. The molecule has 4 heteroatoms. The van der Waals surface area contributed by atoms with Crippen molar-refractivity contribution in [2.75, 3.05) is 27.3 Å². The van der Waals surface area contributed by atoms with E-state index in [9.17, 15) is 4.79 Å². The molecular weight excluding hydrogens is 382 g/mol. The molecule has 0 radical (unpaired) electrons. The smallest absolute Gasteiger partial charge is 0.147 e. The Bertz CT molecular complexity index is 632. The Labute approximate surface area is 183 Å². The molecule has 0 aromatic heterocycles. The number of hydrogen-bond donors (Lipinski definition) is 0. The summed E-state index contributed by atoms with van der Waals surface area (Å²) in [6.45, 7) is 9.81. The lowest BCUT2D eigenvalue weighted by atomic mass is 9.67. The number of nitrogens with zero attached hydrogens (tertiary/aromatic N) is 1. The highest BCUT2D eigenvalue weighted by Gasteiger charge is 2.41. The van der Waals surface area contributed by atoms with E-state index in [1.54, 1.807) is 0 Å². The molecule has 0 saturated heterocycles. The van der Waals surface area contributed by atoms with Crippen LogP contribution in [0.25, 0.3) is 0 Å². The van der Waals surface area contributed by atoms with Gasteiger partial charge in [0.05, 0.1) is 5.41 Å². The molecule has 0 heterocycles. The maximum Gasteiger partial charge on any atom is 0.147 e. The Morgan fingerprint density at radius 2 is 1.31 bits per heavy atom. The van der Waals surface area contributed by atoms with Gasteiger partial charge < -0.3 is 9.64 Å². The monoisotopic (exact) mass is 419 g/mol. The Morgan fingerprint density at radius 3 is 1.59 bits per heavy atom. The zero-order valence-electron chi connectivity index (χ0n) is 18.9. The molecule has 0 fully saturated rings. The average molecular weight is 420 g/mol. The molecule has 2 rings (SSSR count). The first-order chi connectivity index (χ1) is 13.4. The Balaban J connectivity index is 0.00000117. The van der Waals surface area contributed by atoms with Crippen LogP contribution in [0.1, 0.15) is 51.7 Å². The third-order valence-electron chi connectivity index (χ3n) is 5.22. The van der Waals surface area contributed by atoms with E-state index in [-0.39, 0.29) is 18.2 Å². The van der Waals surface area contributed by atoms with E-state index in [1.165, 1.54) is 0 Å². The van der Waals surface area contributed by atoms with E-state index in [1.807, 2.05) is 57.2 Å². The number of halogens is 1. The quantitative estimate of drug-likeness (QED) is 0.517. The van der Waals surface area contributed by atoms with Crippen molar-refractivity contribution < 1.29 is 9.53 Å². The third kappa shape index (κ3) is 7.58. The van der Waals surface area contributed by atoms with Gasteiger partial charge in [0, 0.05) is 25.7 Å². The van der Waals surface area contributed by atoms with Gasteiger partial charge in [-0.2, -0.15) is 0 Å². The molecule has 29 heavy (non-hydrogen) atoms. The van der Waals surface area contributed by atoms with Crippen molar-refractivity contribution in [2.45, 2.75) is 52.0 Å². The Kier molecular flexibility index (Phi) is 13.5. The summed E-state index contributed by atoms with van der Waals surface area (Å²) in [6.07, 6.45) is 1.31. The minimum atomic E-state index is -0.582. The van der Waals surface area contributed by atoms with E-state index < -0.39 is 5.41 Å². The molecule has 0 spiro atoms. The first-order valence-corrected chi connectivity index (χ1v) is 10.3. The van der Waals surface area contributed by atoms with Crippen LogP contribution in [0, 0.1) is 0 Å². The summed E-state index contributed by atoms with van der Waals surface area (Å²) in [4.78, 5) is 15.4. The fraction of sp³-hybridized carbons (Fsp3) is 0.480. The summed E-state index contributed by atoms with van der Waals surface area (Å²) in [5, 5.41) is 0. The second kappa shape index (κ2) is 14.3. The van der Waals surface area contributed by atoms with Gasteiger partial charge >= 0.3 is 0 Å². The molecule has 0 N–H and O–H groups in total. The number of ketones is 1. The van der Waals surface area contributed by atoms with E-state index in [2.05, 4.69) is 50.2 Å². The highest BCUT2D eigenvalue weighted by atomic mass is 35.5. The SMILES string of the molecule is CCC(=O)C(CC(C)N(C)C)(c1ccccc1)c1ccccc1.CCOCC.Cl. The Morgan fingerprint density at radius 1 is 0.897 bits per heavy atom. The number of carbonyl (C=O) groups excluding carboxylic acids is 1. The second-order valence-electron chi connectivity index (χ2n) is 7.21. The van der Waals surface area contributed by atoms with Crippen LogP contribution >= 0.6 is 12.4 Å². The van der Waals surface area contributed by atoms with Gasteiger partial charge in [-0.3, -0.25) is 4.79 Å². The van der Waals surface area contributed by atoms with Crippen molar-refractivity contribution in [2.24, 2.45) is 0 Å². The number of ether oxygens (including phenoxy) is 1. The summed E-state index contributed by atoms with van der Waals surface area (Å²) in [5.74, 6) is 0.281. The summed E-state index contributed by atoms with van der Waals surface area (Å²) in [5.41, 5.74) is 1.60. The fourth-order valence-corrected chi connectivity index (χ4v) is 3.42. The first-order valence-electron chi connectivity index (χ1n) is 10.3. The standard InChI is InChI=1S/C21H27NO.C4H10O.ClH/c1-5-20(23)21(16-17(2)22(3)4,18-12-8-6-9-13-18)19-14-10-7-11-15-19;1-3-5-4-2;/h6-15,17H,5,16H2,1-4H3;3-4H2,1-2H3;1H. The van der Waals surface area contributed by atoms with Gasteiger partial charge in [-0.15, -0.1) is 12.4 Å². The van der Waals surface area contributed by atoms with Crippen LogP contribution < -0.4 is 0 Å². The maximum atomic E-state index is 13.2. The van der Waals surface area contributed by atoms with Crippen LogP contribution in [0.4, 0.5) is 0 Å². The van der Waals surface area contributed by atoms with Crippen molar-refractivity contribution >= 4 is 18.2 Å². The molecule has 0 aliphatic heterocycles. The predicted molar refractivity (Wildman–Crippen MR) is 126 cm³/mol. The molecule has 162 valence electrons. The number of Topliss-reactive ketones (excluding diaryl/α,β-unsaturated/α-hetero) is 1. The zero-order valence-corrected chi connectivity index (χ0v) is 19.7. The summed E-state index contributed by atoms with van der Waals surface area (Å²) in [6, 6.07) is 20.7. The van der Waals surface area contributed by atoms with Crippen molar-refractivity contribution in [3.63, 3.8) is 0 Å². The van der Waals surface area contributed by atoms with Gasteiger partial charge in [0.2, 0.25) is 0 Å². The maximum absolute atomic E-state index is 13.2. The minimum Gasteiger partial charge on any atom is -0.382 e. The van der Waals surface area contributed by atoms with Crippen LogP contribution in [0.3, 0.4) is 0 Å². The van der Waals surface area contributed by atoms with Crippen molar-refractivity contribution in [3.8, 4) is 0 Å². The molecule has 1 atom stereocenters. The molecule has 1 unspecified atom stereocenters. The summed E-state index contributed by atoms with van der Waals surface area (Å²) >= 11 is 0. The molecule has 3 nitrogen and oxygen atoms in total. The average Bonchev–Trinajstić information content (AvgIpc) is 2.73. The highest BCUT2D eigenvalue weighted by molar-refractivity contribution is 5.93. The number of rotatable bonds is 9. The lowest BCUT2D eigenvalue weighted by Gasteiger charge is -2.37. The highest BCUT2D eigenvalue weighted by Crippen LogP contribution is 2.39. The van der Waals surface area contributed by atoms with Crippen molar-refractivity contribution in [1.82, 2.24) is 4.90 Å². The predicted octanol–water partition coefficient (Wildman–Crippen LogP) is 5.76. The van der Waals surface area contributed by atoms with Gasteiger partial charge in [0.25, 0.3) is 0 Å². The normalized spacial score (nSPS) is 11.8. The molecule has 0 bridgehead atoms. The third-order valence-corrected chi connectivity index (χ3v) is 5.22. The molecule has 0 aliphatic carbocycles. The van der Waals surface area contributed by atoms with Crippen LogP contribution in [0.5, 0.6) is 0 Å². The molecule has 0 aliphatic rings. The largest absolute Gasteiger partial charge is 0.382 e. The van der Waals surface area contributed by atoms with E-state index >= 15 is 0 Å². The van der Waals surface area contributed by atoms with Crippen molar-refractivity contribution in [1.29, 1.82) is 0 Å². The fourth-order valence-electron chi connectivity index (χ4n) is 3.42. The lowest BCUT2D eigenvalue weighted by molar-refractivity contribution is -0.123. The van der Waals surface area contributed by atoms with Crippen LogP contribution in [0.15, 0.2) is 60.7 Å². The topological polar surface area (TPSA) is 29.5 Å². The number of benzene rings is 2. The molecule has 0 saturated carbocycles. The first kappa shape index (κ1) is 27.3. The Hall–Kier alpha value is -1.68. The van der Waals surface area contributed by atoms with Gasteiger partial charge in [-0.05, 0) is 52.4 Å². The zero-order chi connectivity index (χ0) is 21.0. The van der Waals surface area contributed by atoms with E-state index in [0.29, 0.717) is 12.5 Å². The van der Waals surface area contributed by atoms with Crippen LogP contribution in [-0.2, 0) is 14.9 Å². The summed E-state index contributed by atoms with van der Waals surface area (Å²) < 4.78 is 4.83. The number of hydrogen-bond acceptors (Lipinski definition) is 3. The molecule has 2 aromatic carbocycles. The van der Waals surface area contributed by atoms with Gasteiger partial charge in [0.15, 0.2) is 0 Å². The lowest BCUT2D eigenvalue weighted by Crippen LogP contribution is -2.42. The van der Waals surface area contributed by atoms with Gasteiger partial charge in [-0.25, -0.2) is 0 Å². The van der Waals surface area contributed by atoms with Crippen LogP contribution in [-0.4, -0.2) is 44.0 Å². The minimum absolute atomic E-state index is 0. The number of carbonyl (C=O) groups is 1.